The van der Waals surface area contributed by atoms with Gasteiger partial charge in [0.05, 0.1) is 22.4 Å². The second-order valence-electron chi connectivity index (χ2n) is 17.8. The molecule has 0 aliphatic carbocycles. The summed E-state index contributed by atoms with van der Waals surface area (Å²) in [6.07, 6.45) is 1.87. The number of rotatable bonds is 7. The number of aromatic nitrogens is 3. The van der Waals surface area contributed by atoms with Gasteiger partial charge in [-0.2, -0.15) is 0 Å². The molecule has 0 N–H and O–H groups in total. The predicted molar refractivity (Wildman–Crippen MR) is 259 cm³/mol. The SMILES string of the molecule is CC(C)(C)c1ccc(-c2[c-]cc(F)cc2)nc1.CC(C)c1cc(-c2ccccc2)cc(C(C)C)c1-n1c(-c2[c-]ccc3c2oc2cc(-c4ccccc4)ccc23)nc2ccccc21.[Ir]. The van der Waals surface area contributed by atoms with E-state index in [1.165, 1.54) is 51.2 Å². The maximum atomic E-state index is 12.8. The Hall–Kier alpha value is -6.46. The van der Waals surface area contributed by atoms with Crippen molar-refractivity contribution in [1.29, 1.82) is 0 Å². The first-order valence-corrected chi connectivity index (χ1v) is 21.7. The first-order valence-electron chi connectivity index (χ1n) is 21.7. The number of furan rings is 1. The molecule has 0 aliphatic rings. The minimum atomic E-state index is -0.278. The molecule has 3 heterocycles. The van der Waals surface area contributed by atoms with Gasteiger partial charge < -0.3 is 14.0 Å². The second kappa shape index (κ2) is 18.3. The fourth-order valence-corrected chi connectivity index (χ4v) is 8.32. The van der Waals surface area contributed by atoms with Gasteiger partial charge in [-0.1, -0.05) is 156 Å². The van der Waals surface area contributed by atoms with Crippen molar-refractivity contribution in [2.24, 2.45) is 0 Å². The molecule has 10 rings (SSSR count). The van der Waals surface area contributed by atoms with E-state index in [-0.39, 0.29) is 43.2 Å². The summed E-state index contributed by atoms with van der Waals surface area (Å²) in [5.74, 6) is 1.13. The maximum Gasteiger partial charge on any atom is 0.121 e. The van der Waals surface area contributed by atoms with Gasteiger partial charge in [-0.15, -0.1) is 48.0 Å². The largest absolute Gasteiger partial charge is 0.501 e. The van der Waals surface area contributed by atoms with Gasteiger partial charge in [0.15, 0.2) is 0 Å². The molecule has 0 fully saturated rings. The zero-order valence-corrected chi connectivity index (χ0v) is 39.6. The third-order valence-corrected chi connectivity index (χ3v) is 11.7. The van der Waals surface area contributed by atoms with E-state index < -0.39 is 0 Å². The van der Waals surface area contributed by atoms with Crippen molar-refractivity contribution in [3.8, 4) is 50.6 Å². The molecular formula is C58H50FIrN3O-2. The smallest absolute Gasteiger partial charge is 0.121 e. The van der Waals surface area contributed by atoms with E-state index in [4.69, 9.17) is 9.40 Å². The van der Waals surface area contributed by atoms with Gasteiger partial charge in [-0.05, 0) is 92.2 Å². The van der Waals surface area contributed by atoms with Gasteiger partial charge in [0.1, 0.15) is 5.58 Å². The molecule has 6 heteroatoms. The number of para-hydroxylation sites is 2. The average molecular weight is 1020 g/mol. The Morgan fingerprint density at radius 1 is 0.641 bits per heavy atom. The van der Waals surface area contributed by atoms with Gasteiger partial charge in [-0.25, -0.2) is 0 Å². The van der Waals surface area contributed by atoms with Crippen molar-refractivity contribution in [1.82, 2.24) is 14.5 Å². The number of benzene rings is 7. The molecule has 321 valence electrons. The third-order valence-electron chi connectivity index (χ3n) is 11.7. The van der Waals surface area contributed by atoms with E-state index >= 15 is 0 Å². The Kier molecular flexibility index (Phi) is 12.6. The fourth-order valence-electron chi connectivity index (χ4n) is 8.32. The van der Waals surface area contributed by atoms with Gasteiger partial charge in [0.25, 0.3) is 0 Å². The Balaban J connectivity index is 0.000000262. The van der Waals surface area contributed by atoms with Crippen molar-refractivity contribution < 1.29 is 28.9 Å². The number of nitrogens with zero attached hydrogens (tertiary/aromatic N) is 3. The van der Waals surface area contributed by atoms with E-state index in [9.17, 15) is 4.39 Å². The van der Waals surface area contributed by atoms with Gasteiger partial charge >= 0.3 is 0 Å². The normalized spacial score (nSPS) is 11.6. The van der Waals surface area contributed by atoms with Crippen LogP contribution in [0.5, 0.6) is 0 Å². The second-order valence-corrected chi connectivity index (χ2v) is 17.8. The Morgan fingerprint density at radius 3 is 1.91 bits per heavy atom. The molecule has 7 aromatic carbocycles. The first kappa shape index (κ1) is 44.2. The number of hydrogen-bond donors (Lipinski definition) is 0. The van der Waals surface area contributed by atoms with Crippen LogP contribution >= 0.6 is 0 Å². The fraction of sp³-hybridized carbons (Fsp3) is 0.172. The minimum absolute atomic E-state index is 0. The molecule has 10 aromatic rings. The van der Waals surface area contributed by atoms with Crippen LogP contribution in [-0.4, -0.2) is 14.5 Å². The van der Waals surface area contributed by atoms with Crippen LogP contribution in [0.25, 0.3) is 83.6 Å². The number of imidazole rings is 1. The predicted octanol–water partition coefficient (Wildman–Crippen LogP) is 16.0. The van der Waals surface area contributed by atoms with Crippen molar-refractivity contribution in [3.63, 3.8) is 0 Å². The van der Waals surface area contributed by atoms with Crippen LogP contribution in [0.15, 0.2) is 168 Å². The minimum Gasteiger partial charge on any atom is -0.501 e. The van der Waals surface area contributed by atoms with Crippen LogP contribution < -0.4 is 0 Å². The standard InChI is InChI=1S/C43H35N2O.C15H15FN.Ir/c1-27(2)36-24-32(30-16-9-6-10-17-30)25-37(28(3)4)41(36)45-39-21-12-11-20-38(39)44-43(45)35-19-13-18-34-33-23-22-31(26-40(33)46-42(34)35)29-14-7-5-8-15-29;1-15(2,3)12-6-9-14(17-10-12)11-4-7-13(16)8-5-11;/h5-18,20-28H,1-4H3;4,6-10H,1-3H3;/q2*-1;. The number of fused-ring (bicyclic) bond motifs is 4. The molecule has 4 nitrogen and oxygen atoms in total. The molecule has 0 saturated carbocycles. The summed E-state index contributed by atoms with van der Waals surface area (Å²) in [7, 11) is 0. The van der Waals surface area contributed by atoms with Crippen LogP contribution in [0.3, 0.4) is 0 Å². The zero-order chi connectivity index (χ0) is 43.8. The molecule has 0 atom stereocenters. The number of halogens is 1. The molecule has 0 spiro atoms. The third kappa shape index (κ3) is 8.73. The van der Waals surface area contributed by atoms with Crippen molar-refractivity contribution in [2.45, 2.75) is 65.7 Å². The summed E-state index contributed by atoms with van der Waals surface area (Å²) in [5.41, 5.74) is 16.0. The summed E-state index contributed by atoms with van der Waals surface area (Å²) in [6, 6.07) is 59.8. The summed E-state index contributed by atoms with van der Waals surface area (Å²) >= 11 is 0. The molecule has 3 aromatic heterocycles. The summed E-state index contributed by atoms with van der Waals surface area (Å²) in [4.78, 5) is 9.69. The van der Waals surface area contributed by atoms with Gasteiger partial charge in [0.2, 0.25) is 0 Å². The number of hydrogen-bond acceptors (Lipinski definition) is 3. The van der Waals surface area contributed by atoms with E-state index in [0.29, 0.717) is 0 Å². The van der Waals surface area contributed by atoms with Crippen molar-refractivity contribution >= 4 is 33.0 Å². The molecule has 0 amide bonds. The molecule has 0 bridgehead atoms. The van der Waals surface area contributed by atoms with Crippen LogP contribution in [0, 0.1) is 17.9 Å². The van der Waals surface area contributed by atoms with Crippen molar-refractivity contribution in [2.75, 3.05) is 0 Å². The Morgan fingerprint density at radius 2 is 1.30 bits per heavy atom. The number of pyridine rings is 1. The molecule has 64 heavy (non-hydrogen) atoms. The van der Waals surface area contributed by atoms with Gasteiger partial charge in [-0.3, -0.25) is 9.37 Å². The quantitative estimate of drug-likeness (QED) is 0.149. The van der Waals surface area contributed by atoms with Crippen molar-refractivity contribution in [3.05, 3.63) is 199 Å². The van der Waals surface area contributed by atoms with E-state index in [0.717, 1.165) is 61.2 Å². The molecule has 0 unspecified atom stereocenters. The summed E-state index contributed by atoms with van der Waals surface area (Å²) < 4.78 is 21.9. The summed E-state index contributed by atoms with van der Waals surface area (Å²) in [6.45, 7) is 15.6. The Bertz CT molecular complexity index is 3170. The molecular weight excluding hydrogens is 966 g/mol. The van der Waals surface area contributed by atoms with E-state index in [1.807, 2.05) is 24.4 Å². The van der Waals surface area contributed by atoms with E-state index in [2.05, 4.69) is 191 Å². The summed E-state index contributed by atoms with van der Waals surface area (Å²) in [5, 5.41) is 2.15. The van der Waals surface area contributed by atoms with Crippen LogP contribution in [0.1, 0.15) is 77.0 Å². The monoisotopic (exact) mass is 1020 g/mol. The van der Waals surface area contributed by atoms with E-state index in [1.54, 1.807) is 6.07 Å². The van der Waals surface area contributed by atoms with Crippen LogP contribution in [-0.2, 0) is 25.5 Å². The van der Waals surface area contributed by atoms with Crippen LogP contribution in [0.4, 0.5) is 4.39 Å². The Labute approximate surface area is 389 Å². The molecule has 0 saturated heterocycles. The molecule has 0 aliphatic heterocycles. The zero-order valence-electron chi connectivity index (χ0n) is 37.2. The first-order chi connectivity index (χ1) is 30.4. The van der Waals surface area contributed by atoms with Gasteiger partial charge in [0, 0.05) is 43.2 Å². The maximum absolute atomic E-state index is 12.8. The van der Waals surface area contributed by atoms with Crippen LogP contribution in [0.2, 0.25) is 0 Å². The molecule has 1 radical (unpaired) electrons. The average Bonchev–Trinajstić information content (AvgIpc) is 3.88. The topological polar surface area (TPSA) is 43.9 Å².